The first-order valence-corrected chi connectivity index (χ1v) is 11.0. The average Bonchev–Trinajstić information content (AvgIpc) is 3.21. The SMILES string of the molecule is Cc1ccnc(Nc2cc(C3CCCN(Cc4ccc5cccn5c4)C3)nc(C)n2)c1. The van der Waals surface area contributed by atoms with E-state index in [2.05, 4.69) is 74.2 Å². The van der Waals surface area contributed by atoms with Gasteiger partial charge in [-0.1, -0.05) is 6.07 Å². The van der Waals surface area contributed by atoms with E-state index in [0.29, 0.717) is 5.92 Å². The molecule has 158 valence electrons. The molecular formula is C25H28N6. The van der Waals surface area contributed by atoms with Crippen LogP contribution in [0.5, 0.6) is 0 Å². The van der Waals surface area contributed by atoms with Crippen LogP contribution >= 0.6 is 0 Å². The second-order valence-corrected chi connectivity index (χ2v) is 8.52. The van der Waals surface area contributed by atoms with Gasteiger partial charge in [-0.05, 0) is 74.7 Å². The third-order valence-corrected chi connectivity index (χ3v) is 5.94. The van der Waals surface area contributed by atoms with E-state index in [-0.39, 0.29) is 0 Å². The average molecular weight is 413 g/mol. The third kappa shape index (κ3) is 4.59. The summed E-state index contributed by atoms with van der Waals surface area (Å²) in [6.07, 6.45) is 8.51. The fraction of sp³-hybridized carbons (Fsp3) is 0.320. The summed E-state index contributed by atoms with van der Waals surface area (Å²) in [5.74, 6) is 2.84. The zero-order valence-electron chi connectivity index (χ0n) is 18.1. The Balaban J connectivity index is 1.31. The summed E-state index contributed by atoms with van der Waals surface area (Å²) in [5.41, 5.74) is 4.87. The minimum absolute atomic E-state index is 0.414. The van der Waals surface area contributed by atoms with Crippen LogP contribution in [0.25, 0.3) is 5.52 Å². The lowest BCUT2D eigenvalue weighted by Gasteiger charge is -2.32. The van der Waals surface area contributed by atoms with E-state index in [9.17, 15) is 0 Å². The van der Waals surface area contributed by atoms with E-state index in [1.807, 2.05) is 25.3 Å². The first kappa shape index (κ1) is 19.7. The van der Waals surface area contributed by atoms with Crippen LogP contribution in [-0.4, -0.2) is 37.3 Å². The van der Waals surface area contributed by atoms with Gasteiger partial charge in [0, 0.05) is 49.2 Å². The minimum atomic E-state index is 0.414. The number of piperidine rings is 1. The van der Waals surface area contributed by atoms with Crippen LogP contribution in [0.2, 0.25) is 0 Å². The van der Waals surface area contributed by atoms with Gasteiger partial charge in [0.25, 0.3) is 0 Å². The lowest BCUT2D eigenvalue weighted by molar-refractivity contribution is 0.198. The van der Waals surface area contributed by atoms with E-state index in [1.54, 1.807) is 0 Å². The summed E-state index contributed by atoms with van der Waals surface area (Å²) in [5, 5.41) is 3.35. The number of pyridine rings is 2. The van der Waals surface area contributed by atoms with Gasteiger partial charge in [-0.3, -0.25) is 4.90 Å². The van der Waals surface area contributed by atoms with Crippen molar-refractivity contribution < 1.29 is 0 Å². The normalized spacial score (nSPS) is 17.2. The van der Waals surface area contributed by atoms with Crippen LogP contribution in [-0.2, 0) is 6.54 Å². The van der Waals surface area contributed by atoms with Crippen molar-refractivity contribution in [3.8, 4) is 0 Å². The second kappa shape index (κ2) is 8.47. The van der Waals surface area contributed by atoms with Crippen LogP contribution in [0.1, 0.15) is 41.4 Å². The maximum atomic E-state index is 4.79. The van der Waals surface area contributed by atoms with Crippen molar-refractivity contribution >= 4 is 17.2 Å². The Bertz CT molecular complexity index is 1200. The summed E-state index contributed by atoms with van der Waals surface area (Å²) in [4.78, 5) is 16.3. The number of anilines is 2. The van der Waals surface area contributed by atoms with Crippen molar-refractivity contribution in [1.82, 2.24) is 24.3 Å². The van der Waals surface area contributed by atoms with Crippen molar-refractivity contribution in [2.45, 2.75) is 39.2 Å². The maximum absolute atomic E-state index is 4.79. The molecule has 5 heterocycles. The molecule has 1 aliphatic rings. The van der Waals surface area contributed by atoms with Crippen LogP contribution in [0.4, 0.5) is 11.6 Å². The first-order chi connectivity index (χ1) is 15.1. The molecule has 0 aromatic carbocycles. The number of rotatable bonds is 5. The fourth-order valence-electron chi connectivity index (χ4n) is 4.47. The molecule has 1 atom stereocenters. The maximum Gasteiger partial charge on any atom is 0.135 e. The zero-order valence-corrected chi connectivity index (χ0v) is 18.1. The molecule has 0 aliphatic carbocycles. The number of aromatic nitrogens is 4. The number of hydrogen-bond acceptors (Lipinski definition) is 5. The van der Waals surface area contributed by atoms with Crippen LogP contribution in [0.3, 0.4) is 0 Å². The van der Waals surface area contributed by atoms with Gasteiger partial charge in [0.15, 0.2) is 0 Å². The summed E-state index contributed by atoms with van der Waals surface area (Å²) in [6.45, 7) is 7.14. The Hall–Kier alpha value is -3.25. The van der Waals surface area contributed by atoms with Crippen molar-refractivity contribution in [2.75, 3.05) is 18.4 Å². The van der Waals surface area contributed by atoms with Crippen molar-refractivity contribution in [1.29, 1.82) is 0 Å². The van der Waals surface area contributed by atoms with E-state index >= 15 is 0 Å². The Morgan fingerprint density at radius 1 is 1.06 bits per heavy atom. The minimum Gasteiger partial charge on any atom is -0.325 e. The molecule has 1 aliphatic heterocycles. The van der Waals surface area contributed by atoms with Crippen LogP contribution in [0, 0.1) is 13.8 Å². The molecule has 5 rings (SSSR count). The molecule has 0 radical (unpaired) electrons. The van der Waals surface area contributed by atoms with Crippen molar-refractivity contribution in [3.05, 3.63) is 83.7 Å². The Morgan fingerprint density at radius 3 is 2.90 bits per heavy atom. The van der Waals surface area contributed by atoms with Gasteiger partial charge in [-0.2, -0.15) is 0 Å². The largest absolute Gasteiger partial charge is 0.325 e. The molecule has 1 unspecified atom stereocenters. The zero-order chi connectivity index (χ0) is 21.2. The standard InChI is InChI=1S/C25H28N6/c1-18-9-10-26-24(13-18)29-25-14-23(27-19(2)28-25)21-5-3-11-30(17-21)15-20-7-8-22-6-4-12-31(22)16-20/h4,6-10,12-14,16,21H,3,5,11,15,17H2,1-2H3,(H,26,27,28,29). The van der Waals surface area contributed by atoms with Gasteiger partial charge in [0.05, 0.1) is 5.69 Å². The Morgan fingerprint density at radius 2 is 2.00 bits per heavy atom. The fourth-order valence-corrected chi connectivity index (χ4v) is 4.47. The van der Waals surface area contributed by atoms with Gasteiger partial charge in [0.1, 0.15) is 17.5 Å². The summed E-state index contributed by atoms with van der Waals surface area (Å²) in [6, 6.07) is 14.8. The van der Waals surface area contributed by atoms with E-state index < -0.39 is 0 Å². The Labute approximate surface area is 183 Å². The molecule has 1 saturated heterocycles. The Kier molecular flexibility index (Phi) is 5.38. The van der Waals surface area contributed by atoms with Crippen LogP contribution < -0.4 is 5.32 Å². The smallest absolute Gasteiger partial charge is 0.135 e. The number of fused-ring (bicyclic) bond motifs is 1. The molecule has 0 bridgehead atoms. The molecule has 0 spiro atoms. The van der Waals surface area contributed by atoms with Gasteiger partial charge in [0.2, 0.25) is 0 Å². The molecule has 1 fully saturated rings. The lowest BCUT2D eigenvalue weighted by Crippen LogP contribution is -2.34. The molecule has 0 amide bonds. The monoisotopic (exact) mass is 412 g/mol. The van der Waals surface area contributed by atoms with Gasteiger partial charge < -0.3 is 9.72 Å². The summed E-state index contributed by atoms with van der Waals surface area (Å²) >= 11 is 0. The number of likely N-dealkylation sites (tertiary alicyclic amines) is 1. The predicted molar refractivity (Wildman–Crippen MR) is 124 cm³/mol. The first-order valence-electron chi connectivity index (χ1n) is 11.0. The number of aryl methyl sites for hydroxylation is 2. The quantitative estimate of drug-likeness (QED) is 0.507. The summed E-state index contributed by atoms with van der Waals surface area (Å²) < 4.78 is 2.20. The number of nitrogens with zero attached hydrogens (tertiary/aromatic N) is 5. The highest BCUT2D eigenvalue weighted by Gasteiger charge is 2.23. The molecule has 4 aromatic rings. The third-order valence-electron chi connectivity index (χ3n) is 5.94. The van der Waals surface area contributed by atoms with E-state index in [4.69, 9.17) is 4.98 Å². The van der Waals surface area contributed by atoms with E-state index in [1.165, 1.54) is 23.1 Å². The molecule has 6 nitrogen and oxygen atoms in total. The topological polar surface area (TPSA) is 58.4 Å². The van der Waals surface area contributed by atoms with Crippen molar-refractivity contribution in [2.24, 2.45) is 0 Å². The highest BCUT2D eigenvalue weighted by molar-refractivity contribution is 5.53. The molecule has 6 heteroatoms. The predicted octanol–water partition coefficient (Wildman–Crippen LogP) is 4.86. The van der Waals surface area contributed by atoms with Gasteiger partial charge >= 0.3 is 0 Å². The highest BCUT2D eigenvalue weighted by Crippen LogP contribution is 2.28. The molecule has 31 heavy (non-hydrogen) atoms. The van der Waals surface area contributed by atoms with Gasteiger partial charge in [-0.25, -0.2) is 15.0 Å². The van der Waals surface area contributed by atoms with Gasteiger partial charge in [-0.15, -0.1) is 0 Å². The molecule has 0 saturated carbocycles. The lowest BCUT2D eigenvalue weighted by atomic mass is 9.94. The summed E-state index contributed by atoms with van der Waals surface area (Å²) in [7, 11) is 0. The second-order valence-electron chi connectivity index (χ2n) is 8.52. The van der Waals surface area contributed by atoms with Crippen molar-refractivity contribution in [3.63, 3.8) is 0 Å². The molecular weight excluding hydrogens is 384 g/mol. The molecule has 4 aromatic heterocycles. The van der Waals surface area contributed by atoms with E-state index in [0.717, 1.165) is 49.2 Å². The number of hydrogen-bond donors (Lipinski definition) is 1. The molecule has 1 N–H and O–H groups in total. The van der Waals surface area contributed by atoms with Crippen LogP contribution in [0.15, 0.2) is 61.1 Å². The highest BCUT2D eigenvalue weighted by atomic mass is 15.1. The number of nitrogens with one attached hydrogen (secondary N) is 1.